The van der Waals surface area contributed by atoms with Crippen LogP contribution in [0.5, 0.6) is 0 Å². The van der Waals surface area contributed by atoms with E-state index in [1.165, 1.54) is 28.1 Å². The number of hydrogen-bond donors (Lipinski definition) is 7. The summed E-state index contributed by atoms with van der Waals surface area (Å²) in [6.45, 7) is -4.73. The van der Waals surface area contributed by atoms with Crippen LogP contribution in [0.4, 0.5) is 5.82 Å². The molecule has 0 radical (unpaired) electrons. The number of rotatable bonds is 13. The zero-order chi connectivity index (χ0) is 36.0. The van der Waals surface area contributed by atoms with E-state index in [4.69, 9.17) is 28.2 Å². The molecular formula is C27H36N8O12P2S2. The minimum Gasteiger partial charge on any atom is -0.396 e. The second kappa shape index (κ2) is 15.1. The molecule has 4 aromatic heterocycles. The van der Waals surface area contributed by atoms with Crippen molar-refractivity contribution in [3.8, 4) is 0 Å². The van der Waals surface area contributed by atoms with Gasteiger partial charge in [0.25, 0.3) is 5.56 Å². The molecule has 7 rings (SSSR count). The molecule has 4 aromatic rings. The molecule has 0 aliphatic carbocycles. The van der Waals surface area contributed by atoms with Crippen molar-refractivity contribution in [2.24, 2.45) is 0 Å². The Hall–Kier alpha value is -2.43. The standard InChI is InChI=1S/C27H36N8O12P2S2/c36-6-2-5-33-11-32-24-17(25(33)40)31-12-35(24)27-21(46-48(41)50)18(38)15(45-27)9-43-49(42,51)47-20-14(8-37)44-26(19(20)39)34-7-13-3-1-4-28-22-16(13)23(34)30-10-29-22/h7,10-12,14-15,18-21,26-27,36-39,48H,1-6,8-9H2,(H,41,50)(H,42,51)(H,28,29,30)/t14-,15-,18-,19-,20-,21-,26-,27-,49?/m1/s1. The van der Waals surface area contributed by atoms with Crippen molar-refractivity contribution in [1.82, 2.24) is 33.6 Å². The molecule has 3 aliphatic rings. The number of aromatic nitrogens is 7. The third kappa shape index (κ3) is 7.15. The third-order valence-corrected chi connectivity index (χ3v) is 11.4. The zero-order valence-electron chi connectivity index (χ0n) is 26.6. The van der Waals surface area contributed by atoms with E-state index in [2.05, 4.69) is 49.7 Å². The van der Waals surface area contributed by atoms with Gasteiger partial charge in [0.05, 0.1) is 24.9 Å². The van der Waals surface area contributed by atoms with E-state index in [-0.39, 0.29) is 24.3 Å². The van der Waals surface area contributed by atoms with Gasteiger partial charge in [-0.25, -0.2) is 24.5 Å². The maximum absolute atomic E-state index is 13.6. The summed E-state index contributed by atoms with van der Waals surface area (Å²) in [5.41, 5.74) is 1.02. The molecule has 0 bridgehead atoms. The van der Waals surface area contributed by atoms with Crippen LogP contribution in [-0.4, -0.2) is 117 Å². The molecule has 51 heavy (non-hydrogen) atoms. The summed E-state index contributed by atoms with van der Waals surface area (Å²) in [5.74, 6) is 0.654. The molecule has 10 atom stereocenters. The molecule has 2 fully saturated rings. The molecule has 20 nitrogen and oxygen atoms in total. The molecule has 3 aliphatic heterocycles. The number of aliphatic hydroxyl groups is 4. The van der Waals surface area contributed by atoms with Gasteiger partial charge in [-0.2, -0.15) is 0 Å². The van der Waals surface area contributed by atoms with Gasteiger partial charge in [-0.1, -0.05) is 24.5 Å². The van der Waals surface area contributed by atoms with Crippen molar-refractivity contribution in [3.05, 3.63) is 41.1 Å². The van der Waals surface area contributed by atoms with Crippen molar-refractivity contribution >= 4 is 66.5 Å². The fourth-order valence-electron chi connectivity index (χ4n) is 6.60. The minimum atomic E-state index is -4.36. The largest absolute Gasteiger partial charge is 0.396 e. The molecule has 0 spiro atoms. The lowest BCUT2D eigenvalue weighted by Crippen LogP contribution is -2.36. The lowest BCUT2D eigenvalue weighted by atomic mass is 10.1. The van der Waals surface area contributed by atoms with Crippen molar-refractivity contribution in [3.63, 3.8) is 0 Å². The fourth-order valence-corrected chi connectivity index (χ4v) is 8.94. The SMILES string of the molecule is O=c1c2ncn([C@@H]3O[C@H](COP(=O)(S)O[C@H]4[C@@H](O)[C@H](n5cc6c7c(ncnc75)NCCC6)O[C@@H]4CO)[C@@H](O)[C@H]3O[PH](=O)S)c2ncn1CCCO. The molecule has 278 valence electrons. The first-order valence-corrected chi connectivity index (χ1v) is 21.3. The van der Waals surface area contributed by atoms with E-state index in [0.717, 1.165) is 30.3 Å². The van der Waals surface area contributed by atoms with Crippen LogP contribution in [0, 0.1) is 0 Å². The van der Waals surface area contributed by atoms with E-state index >= 15 is 0 Å². The second-order valence-corrected chi connectivity index (χ2v) is 16.9. The molecule has 5 N–H and O–H groups in total. The summed E-state index contributed by atoms with van der Waals surface area (Å²) in [4.78, 5) is 30.1. The van der Waals surface area contributed by atoms with Gasteiger partial charge in [0.1, 0.15) is 60.7 Å². The van der Waals surface area contributed by atoms with Crippen LogP contribution in [-0.2, 0) is 45.1 Å². The van der Waals surface area contributed by atoms with Crippen LogP contribution < -0.4 is 10.9 Å². The van der Waals surface area contributed by atoms with Gasteiger partial charge in [0.15, 0.2) is 23.6 Å². The molecule has 24 heteroatoms. The smallest absolute Gasteiger partial charge is 0.386 e. The van der Waals surface area contributed by atoms with Crippen molar-refractivity contribution < 1.29 is 52.6 Å². The summed E-state index contributed by atoms with van der Waals surface area (Å²) < 4.78 is 58.4. The van der Waals surface area contributed by atoms with Crippen molar-refractivity contribution in [1.29, 1.82) is 0 Å². The number of ether oxygens (including phenoxy) is 2. The predicted octanol–water partition coefficient (Wildman–Crippen LogP) is 0.432. The minimum absolute atomic E-state index is 0.0234. The highest BCUT2D eigenvalue weighted by molar-refractivity contribution is 8.44. The van der Waals surface area contributed by atoms with Crippen molar-refractivity contribution in [2.45, 2.75) is 74.9 Å². The van der Waals surface area contributed by atoms with Crippen molar-refractivity contribution in [2.75, 3.05) is 31.7 Å². The highest BCUT2D eigenvalue weighted by Gasteiger charge is 2.51. The number of fused-ring (bicyclic) bond motifs is 1. The molecule has 2 saturated heterocycles. The second-order valence-electron chi connectivity index (χ2n) is 12.1. The first-order chi connectivity index (χ1) is 24.5. The Kier molecular flexibility index (Phi) is 11.0. The van der Waals surface area contributed by atoms with Gasteiger partial charge in [0, 0.05) is 25.9 Å². The summed E-state index contributed by atoms with van der Waals surface area (Å²) in [7, 11) is -2.94. The first-order valence-electron chi connectivity index (χ1n) is 16.0. The Bertz CT molecular complexity index is 2030. The van der Waals surface area contributed by atoms with E-state index in [0.29, 0.717) is 17.9 Å². The number of imidazole rings is 1. The third-order valence-electron chi connectivity index (χ3n) is 8.96. The summed E-state index contributed by atoms with van der Waals surface area (Å²) in [6.07, 6.45) is -2.76. The van der Waals surface area contributed by atoms with Crippen LogP contribution in [0.3, 0.4) is 0 Å². The number of aryl methyl sites for hydroxylation is 2. The highest BCUT2D eigenvalue weighted by Crippen LogP contribution is 2.57. The van der Waals surface area contributed by atoms with Gasteiger partial charge >= 0.3 is 6.80 Å². The van der Waals surface area contributed by atoms with E-state index in [9.17, 15) is 29.2 Å². The van der Waals surface area contributed by atoms with Gasteiger partial charge in [-0.05, 0) is 24.8 Å². The lowest BCUT2D eigenvalue weighted by Gasteiger charge is -2.24. The number of nitrogens with zero attached hydrogens (tertiary/aromatic N) is 7. The van der Waals surface area contributed by atoms with Crippen LogP contribution in [0.2, 0.25) is 0 Å². The van der Waals surface area contributed by atoms with Crippen LogP contribution in [0.25, 0.3) is 22.2 Å². The van der Waals surface area contributed by atoms with Gasteiger partial charge < -0.3 is 44.3 Å². The number of hydrogen-bond acceptors (Lipinski definition) is 17. The maximum atomic E-state index is 13.6. The topological polar surface area (TPSA) is 257 Å². The number of thiol groups is 2. The van der Waals surface area contributed by atoms with E-state index < -0.39 is 81.9 Å². The lowest BCUT2D eigenvalue weighted by molar-refractivity contribution is -0.0524. The van der Waals surface area contributed by atoms with Gasteiger partial charge in [-0.3, -0.25) is 27.5 Å². The summed E-state index contributed by atoms with van der Waals surface area (Å²) in [5, 5.41) is 45.8. The molecule has 7 heterocycles. The monoisotopic (exact) mass is 790 g/mol. The highest BCUT2D eigenvalue weighted by atomic mass is 32.7. The van der Waals surface area contributed by atoms with Gasteiger partial charge in [-0.15, -0.1) is 0 Å². The first kappa shape index (κ1) is 36.9. The van der Waals surface area contributed by atoms with E-state index in [1.54, 1.807) is 10.8 Å². The Balaban J connectivity index is 1.07. The van der Waals surface area contributed by atoms with Crippen LogP contribution >= 0.6 is 38.5 Å². The molecule has 0 aromatic carbocycles. The zero-order valence-corrected chi connectivity index (χ0v) is 30.3. The molecular weight excluding hydrogens is 754 g/mol. The van der Waals surface area contributed by atoms with Crippen LogP contribution in [0.15, 0.2) is 30.0 Å². The normalized spacial score (nSPS) is 29.7. The Morgan fingerprint density at radius 1 is 1.04 bits per heavy atom. The maximum Gasteiger partial charge on any atom is 0.386 e. The number of nitrogens with one attached hydrogen (secondary N) is 1. The number of anilines is 1. The van der Waals surface area contributed by atoms with Crippen LogP contribution in [0.1, 0.15) is 30.9 Å². The predicted molar refractivity (Wildman–Crippen MR) is 185 cm³/mol. The summed E-state index contributed by atoms with van der Waals surface area (Å²) >= 11 is 7.94. The average Bonchev–Trinajstić information content (AvgIpc) is 3.81. The fraction of sp³-hybridized carbons (Fsp3) is 0.593. The Labute approximate surface area is 299 Å². The van der Waals surface area contributed by atoms with E-state index in [1.807, 2.05) is 0 Å². The quantitative estimate of drug-likeness (QED) is 0.0716. The Morgan fingerprint density at radius 2 is 1.84 bits per heavy atom. The molecule has 2 unspecified atom stereocenters. The molecule has 0 saturated carbocycles. The molecule has 0 amide bonds. The number of aliphatic hydroxyl groups excluding tert-OH is 4. The average molecular weight is 791 g/mol. The summed E-state index contributed by atoms with van der Waals surface area (Å²) in [6, 6.07) is 0. The van der Waals surface area contributed by atoms with Gasteiger partial charge in [0.2, 0.25) is 7.23 Å². The Morgan fingerprint density at radius 3 is 2.61 bits per heavy atom.